The Balaban J connectivity index is 2.53. The number of ether oxygens (including phenoxy) is 1. The fraction of sp³-hybridized carbons (Fsp3) is 0.278. The van der Waals surface area contributed by atoms with Crippen LogP contribution in [-0.2, 0) is 5.41 Å². The van der Waals surface area contributed by atoms with Gasteiger partial charge in [0.05, 0.1) is 0 Å². The molecule has 0 saturated heterocycles. The van der Waals surface area contributed by atoms with E-state index >= 15 is 0 Å². The molecule has 0 atom stereocenters. The topological polar surface area (TPSA) is 26.3 Å². The zero-order valence-corrected chi connectivity index (χ0v) is 13.9. The Bertz CT molecular complexity index is 825. The highest BCUT2D eigenvalue weighted by Gasteiger charge is 2.32. The van der Waals surface area contributed by atoms with E-state index in [4.69, 9.17) is 4.74 Å². The Morgan fingerprint density at radius 2 is 1.36 bits per heavy atom. The Morgan fingerprint density at radius 1 is 0.880 bits per heavy atom. The lowest BCUT2D eigenvalue weighted by Crippen LogP contribution is -2.20. The first-order chi connectivity index (χ1) is 11.4. The molecule has 0 aliphatic heterocycles. The molecule has 0 spiro atoms. The van der Waals surface area contributed by atoms with Crippen LogP contribution in [0.15, 0.2) is 18.2 Å². The number of benzene rings is 2. The van der Waals surface area contributed by atoms with Gasteiger partial charge in [0.25, 0.3) is 0 Å². The van der Waals surface area contributed by atoms with Crippen molar-refractivity contribution in [2.45, 2.75) is 33.1 Å². The lowest BCUT2D eigenvalue weighted by molar-refractivity contribution is 0.0718. The van der Waals surface area contributed by atoms with Gasteiger partial charge in [0, 0.05) is 5.56 Å². The average Bonchev–Trinajstić information content (AvgIpc) is 2.52. The van der Waals surface area contributed by atoms with Crippen molar-refractivity contribution in [3.63, 3.8) is 0 Å². The zero-order chi connectivity index (χ0) is 19.1. The van der Waals surface area contributed by atoms with Gasteiger partial charge >= 0.3 is 5.97 Å². The zero-order valence-electron chi connectivity index (χ0n) is 13.9. The van der Waals surface area contributed by atoms with E-state index in [1.165, 1.54) is 6.07 Å². The molecule has 0 aliphatic carbocycles. The minimum atomic E-state index is -2.34. The lowest BCUT2D eigenvalue weighted by Gasteiger charge is -2.23. The van der Waals surface area contributed by atoms with Gasteiger partial charge in [-0.25, -0.2) is 26.7 Å². The van der Waals surface area contributed by atoms with Crippen LogP contribution in [0.25, 0.3) is 0 Å². The Kier molecular flexibility index (Phi) is 4.88. The predicted octanol–water partition coefficient (Wildman–Crippen LogP) is 5.21. The fourth-order valence-electron chi connectivity index (χ4n) is 2.25. The van der Waals surface area contributed by atoms with Crippen molar-refractivity contribution in [3.05, 3.63) is 64.0 Å². The van der Waals surface area contributed by atoms with E-state index in [1.54, 1.807) is 19.1 Å². The standard InChI is InChI=1S/C18H15F5O2/c1-8-5-6-10(9(7-8)18(2,3)4)25-17(24)11-12(19)14(21)16(23)15(22)13(11)20/h5-7H,1-4H3. The summed E-state index contributed by atoms with van der Waals surface area (Å²) in [6.45, 7) is 7.25. The van der Waals surface area contributed by atoms with Crippen LogP contribution in [0, 0.1) is 36.0 Å². The van der Waals surface area contributed by atoms with Crippen LogP contribution >= 0.6 is 0 Å². The number of hydrogen-bond acceptors (Lipinski definition) is 2. The summed E-state index contributed by atoms with van der Waals surface area (Å²) in [6.07, 6.45) is 0. The molecule has 0 saturated carbocycles. The molecule has 2 aromatic carbocycles. The third-order valence-electron chi connectivity index (χ3n) is 3.56. The number of halogens is 5. The molecule has 0 bridgehead atoms. The number of carbonyl (C=O) groups is 1. The highest BCUT2D eigenvalue weighted by atomic mass is 19.2. The van der Waals surface area contributed by atoms with Crippen LogP contribution < -0.4 is 4.74 Å². The molecular formula is C18H15F5O2. The Morgan fingerprint density at radius 3 is 1.84 bits per heavy atom. The predicted molar refractivity (Wildman–Crippen MR) is 81.1 cm³/mol. The summed E-state index contributed by atoms with van der Waals surface area (Å²) in [6, 6.07) is 4.71. The van der Waals surface area contributed by atoms with Crippen LogP contribution in [0.5, 0.6) is 5.75 Å². The van der Waals surface area contributed by atoms with E-state index < -0.39 is 46.0 Å². The van der Waals surface area contributed by atoms with Crippen LogP contribution in [-0.4, -0.2) is 5.97 Å². The molecule has 0 heterocycles. The number of carbonyl (C=O) groups excluding carboxylic acids is 1. The number of esters is 1. The van der Waals surface area contributed by atoms with Gasteiger partial charge in [-0.3, -0.25) is 0 Å². The van der Waals surface area contributed by atoms with Crippen LogP contribution in [0.4, 0.5) is 22.0 Å². The fourth-order valence-corrected chi connectivity index (χ4v) is 2.25. The lowest BCUT2D eigenvalue weighted by atomic mass is 9.85. The smallest absolute Gasteiger partial charge is 0.349 e. The Labute approximate surface area is 141 Å². The molecule has 0 aromatic heterocycles. The Hall–Kier alpha value is -2.44. The number of aryl methyl sites for hydroxylation is 1. The van der Waals surface area contributed by atoms with Crippen molar-refractivity contribution in [1.82, 2.24) is 0 Å². The largest absolute Gasteiger partial charge is 0.422 e. The third kappa shape index (κ3) is 3.50. The van der Waals surface area contributed by atoms with Gasteiger partial charge in [-0.15, -0.1) is 0 Å². The maximum Gasteiger partial charge on any atom is 0.349 e. The van der Waals surface area contributed by atoms with E-state index in [0.717, 1.165) is 5.56 Å². The van der Waals surface area contributed by atoms with Crippen molar-refractivity contribution in [2.75, 3.05) is 0 Å². The van der Waals surface area contributed by atoms with E-state index in [0.29, 0.717) is 5.56 Å². The van der Waals surface area contributed by atoms with Gasteiger partial charge in [-0.2, -0.15) is 0 Å². The van der Waals surface area contributed by atoms with Crippen molar-refractivity contribution in [2.24, 2.45) is 0 Å². The molecular weight excluding hydrogens is 343 g/mol. The third-order valence-corrected chi connectivity index (χ3v) is 3.56. The van der Waals surface area contributed by atoms with Crippen molar-refractivity contribution >= 4 is 5.97 Å². The highest BCUT2D eigenvalue weighted by Crippen LogP contribution is 2.33. The van der Waals surface area contributed by atoms with Crippen molar-refractivity contribution in [3.8, 4) is 5.75 Å². The summed E-state index contributed by atoms with van der Waals surface area (Å²) >= 11 is 0. The summed E-state index contributed by atoms with van der Waals surface area (Å²) in [5, 5.41) is 0. The van der Waals surface area contributed by atoms with E-state index in [1.807, 2.05) is 20.8 Å². The summed E-state index contributed by atoms with van der Waals surface area (Å²) in [4.78, 5) is 12.1. The normalized spacial score (nSPS) is 11.6. The second kappa shape index (κ2) is 6.46. The first kappa shape index (κ1) is 18.9. The SMILES string of the molecule is Cc1ccc(OC(=O)c2c(F)c(F)c(F)c(F)c2F)c(C(C)(C)C)c1. The summed E-state index contributed by atoms with van der Waals surface area (Å²) < 4.78 is 72.0. The maximum absolute atomic E-state index is 13.7. The van der Waals surface area contributed by atoms with Gasteiger partial charge < -0.3 is 4.74 Å². The first-order valence-corrected chi connectivity index (χ1v) is 7.30. The highest BCUT2D eigenvalue weighted by molar-refractivity contribution is 5.92. The molecule has 2 aromatic rings. The molecule has 0 unspecified atom stereocenters. The molecule has 0 aliphatic rings. The van der Waals surface area contributed by atoms with Crippen LogP contribution in [0.2, 0.25) is 0 Å². The monoisotopic (exact) mass is 358 g/mol. The minimum absolute atomic E-state index is 0.0213. The molecule has 0 radical (unpaired) electrons. The van der Waals surface area contributed by atoms with Gasteiger partial charge in [0.15, 0.2) is 23.3 Å². The van der Waals surface area contributed by atoms with Crippen molar-refractivity contribution < 1.29 is 31.5 Å². The van der Waals surface area contributed by atoms with Gasteiger partial charge in [0.1, 0.15) is 11.3 Å². The maximum atomic E-state index is 13.7. The average molecular weight is 358 g/mol. The van der Waals surface area contributed by atoms with Crippen LogP contribution in [0.3, 0.4) is 0 Å². The molecule has 134 valence electrons. The summed E-state index contributed by atoms with van der Waals surface area (Å²) in [5.41, 5.74) is -0.722. The van der Waals surface area contributed by atoms with Crippen molar-refractivity contribution in [1.29, 1.82) is 0 Å². The minimum Gasteiger partial charge on any atom is -0.422 e. The molecule has 7 heteroatoms. The molecule has 0 fully saturated rings. The number of hydrogen-bond donors (Lipinski definition) is 0. The second-order valence-electron chi connectivity index (χ2n) is 6.58. The molecule has 2 nitrogen and oxygen atoms in total. The molecule has 0 amide bonds. The van der Waals surface area contributed by atoms with E-state index in [2.05, 4.69) is 0 Å². The van der Waals surface area contributed by atoms with Gasteiger partial charge in [0.2, 0.25) is 5.82 Å². The quantitative estimate of drug-likeness (QED) is 0.242. The first-order valence-electron chi connectivity index (χ1n) is 7.30. The summed E-state index contributed by atoms with van der Waals surface area (Å²) in [7, 11) is 0. The van der Waals surface area contributed by atoms with Gasteiger partial charge in [-0.1, -0.05) is 38.5 Å². The molecule has 25 heavy (non-hydrogen) atoms. The van der Waals surface area contributed by atoms with Crippen LogP contribution in [0.1, 0.15) is 42.3 Å². The summed E-state index contributed by atoms with van der Waals surface area (Å²) in [5.74, 6) is -12.9. The van der Waals surface area contributed by atoms with E-state index in [9.17, 15) is 26.7 Å². The van der Waals surface area contributed by atoms with E-state index in [-0.39, 0.29) is 5.75 Å². The molecule has 2 rings (SSSR count). The second-order valence-corrected chi connectivity index (χ2v) is 6.58. The molecule has 0 N–H and O–H groups in total. The number of rotatable bonds is 2. The van der Waals surface area contributed by atoms with Gasteiger partial charge in [-0.05, 0) is 18.4 Å².